The molecule has 1 aliphatic heterocycles. The van der Waals surface area contributed by atoms with E-state index in [-0.39, 0.29) is 4.21 Å². The third kappa shape index (κ3) is 4.24. The average Bonchev–Trinajstić information content (AvgIpc) is 3.07. The van der Waals surface area contributed by atoms with Gasteiger partial charge in [-0.15, -0.1) is 11.3 Å². The summed E-state index contributed by atoms with van der Waals surface area (Å²) in [5, 5.41) is 0.639. The van der Waals surface area contributed by atoms with E-state index in [9.17, 15) is 8.42 Å². The lowest BCUT2D eigenvalue weighted by molar-refractivity contribution is 0.417. The minimum atomic E-state index is -3.81. The van der Waals surface area contributed by atoms with E-state index in [1.165, 1.54) is 18.7 Å². The van der Waals surface area contributed by atoms with Crippen molar-refractivity contribution in [3.63, 3.8) is 0 Å². The Morgan fingerprint density at radius 2 is 1.97 bits per heavy atom. The van der Waals surface area contributed by atoms with Crippen molar-refractivity contribution >= 4 is 71.9 Å². The quantitative estimate of drug-likeness (QED) is 0.426. The number of nitrogens with zero attached hydrogens (tertiary/aromatic N) is 1. The van der Waals surface area contributed by atoms with Crippen molar-refractivity contribution < 1.29 is 13.2 Å². The highest BCUT2D eigenvalue weighted by molar-refractivity contribution is 9.10. The van der Waals surface area contributed by atoms with Crippen molar-refractivity contribution in [3.05, 3.63) is 73.0 Å². The van der Waals surface area contributed by atoms with Gasteiger partial charge in [0, 0.05) is 27.2 Å². The minimum Gasteiger partial charge on any atom is -0.495 e. The van der Waals surface area contributed by atoms with Crippen molar-refractivity contribution in [2.75, 3.05) is 18.4 Å². The first kappa shape index (κ1) is 21.6. The number of rotatable bonds is 5. The van der Waals surface area contributed by atoms with Gasteiger partial charge in [0.05, 0.1) is 18.5 Å². The molecule has 0 aliphatic carbocycles. The van der Waals surface area contributed by atoms with Gasteiger partial charge >= 0.3 is 0 Å². The Balaban J connectivity index is 1.69. The van der Waals surface area contributed by atoms with Crippen LogP contribution in [0, 0.1) is 0 Å². The number of methoxy groups -OCH3 is 1. The predicted molar refractivity (Wildman–Crippen MR) is 126 cm³/mol. The van der Waals surface area contributed by atoms with Crippen LogP contribution in [0.1, 0.15) is 16.7 Å². The van der Waals surface area contributed by atoms with Crippen LogP contribution in [0.25, 0.3) is 0 Å². The van der Waals surface area contributed by atoms with Gasteiger partial charge in [-0.05, 0) is 58.2 Å². The van der Waals surface area contributed by atoms with Crippen LogP contribution in [0.4, 0.5) is 5.69 Å². The summed E-state index contributed by atoms with van der Waals surface area (Å²) < 4.78 is 34.5. The third-order valence-corrected chi connectivity index (χ3v) is 9.13. The Hall–Kier alpha value is -1.58. The Morgan fingerprint density at radius 3 is 2.67 bits per heavy atom. The van der Waals surface area contributed by atoms with Gasteiger partial charge in [-0.25, -0.2) is 8.42 Å². The standard InChI is InChI=1S/C20H15BrCl2N2O3S2/c1-28-17-8-12(19-14-9-13(22)4-2-11(14)6-7-24-19)3-5-16(17)25-30(26,27)18-10-15(21)20(23)29-18/h2-5,8-10,25H,6-7H2,1H3. The Kier molecular flexibility index (Phi) is 6.14. The van der Waals surface area contributed by atoms with Gasteiger partial charge in [0.2, 0.25) is 0 Å². The second-order valence-electron chi connectivity index (χ2n) is 6.49. The molecule has 0 spiro atoms. The normalized spacial score (nSPS) is 13.5. The first-order valence-electron chi connectivity index (χ1n) is 8.78. The number of nitrogens with one attached hydrogen (secondary N) is 1. The molecule has 5 nitrogen and oxygen atoms in total. The number of sulfonamides is 1. The Labute approximate surface area is 196 Å². The lowest BCUT2D eigenvalue weighted by Crippen LogP contribution is -2.15. The monoisotopic (exact) mass is 544 g/mol. The molecule has 0 amide bonds. The maximum Gasteiger partial charge on any atom is 0.271 e. The summed E-state index contributed by atoms with van der Waals surface area (Å²) in [4.78, 5) is 4.67. The molecule has 0 saturated heterocycles. The molecule has 1 aromatic heterocycles. The van der Waals surface area contributed by atoms with Crippen LogP contribution in [0.15, 0.2) is 56.1 Å². The summed E-state index contributed by atoms with van der Waals surface area (Å²) in [7, 11) is -2.32. The number of thiophene rings is 1. The number of fused-ring (bicyclic) bond motifs is 1. The Morgan fingerprint density at radius 1 is 1.17 bits per heavy atom. The largest absolute Gasteiger partial charge is 0.495 e. The minimum absolute atomic E-state index is 0.103. The smallest absolute Gasteiger partial charge is 0.271 e. The fraction of sp³-hybridized carbons (Fsp3) is 0.150. The van der Waals surface area contributed by atoms with Gasteiger partial charge in [-0.3, -0.25) is 9.71 Å². The van der Waals surface area contributed by atoms with E-state index in [4.69, 9.17) is 27.9 Å². The highest BCUT2D eigenvalue weighted by atomic mass is 79.9. The van der Waals surface area contributed by atoms with Gasteiger partial charge in [0.1, 0.15) is 14.3 Å². The molecular weight excluding hydrogens is 531 g/mol. The molecule has 0 saturated carbocycles. The van der Waals surface area contributed by atoms with Crippen molar-refractivity contribution in [1.29, 1.82) is 0 Å². The van der Waals surface area contributed by atoms with E-state index in [0.29, 0.717) is 31.8 Å². The molecule has 0 unspecified atom stereocenters. The second kappa shape index (κ2) is 8.51. The topological polar surface area (TPSA) is 67.8 Å². The number of benzene rings is 2. The molecule has 2 heterocycles. The molecular formula is C20H15BrCl2N2O3S2. The molecule has 4 rings (SSSR count). The molecule has 0 atom stereocenters. The van der Waals surface area contributed by atoms with Gasteiger partial charge in [0.25, 0.3) is 10.0 Å². The number of anilines is 1. The van der Waals surface area contributed by atoms with Crippen LogP contribution in [-0.2, 0) is 16.4 Å². The summed E-state index contributed by atoms with van der Waals surface area (Å²) >= 11 is 16.4. The number of hydrogen-bond donors (Lipinski definition) is 1. The van der Waals surface area contributed by atoms with Crippen molar-refractivity contribution in [2.45, 2.75) is 10.6 Å². The summed E-state index contributed by atoms with van der Waals surface area (Å²) in [6, 6.07) is 12.5. The predicted octanol–water partition coefficient (Wildman–Crippen LogP) is 6.02. The highest BCUT2D eigenvalue weighted by Crippen LogP contribution is 2.37. The second-order valence-corrected chi connectivity index (χ2v) is 11.3. The van der Waals surface area contributed by atoms with Crippen molar-refractivity contribution in [1.82, 2.24) is 0 Å². The number of ether oxygens (including phenoxy) is 1. The van der Waals surface area contributed by atoms with Gasteiger partial charge in [0.15, 0.2) is 0 Å². The zero-order valence-corrected chi connectivity index (χ0v) is 20.3. The highest BCUT2D eigenvalue weighted by Gasteiger charge is 2.22. The third-order valence-electron chi connectivity index (χ3n) is 4.58. The number of halogens is 3. The fourth-order valence-corrected chi connectivity index (χ4v) is 6.73. The van der Waals surface area contributed by atoms with Crippen LogP contribution >= 0.6 is 50.5 Å². The van der Waals surface area contributed by atoms with E-state index >= 15 is 0 Å². The Bertz CT molecular complexity index is 1250. The molecule has 1 N–H and O–H groups in total. The average molecular weight is 546 g/mol. The molecule has 10 heteroatoms. The molecule has 156 valence electrons. The molecule has 2 aromatic carbocycles. The van der Waals surface area contributed by atoms with E-state index in [2.05, 4.69) is 25.6 Å². The summed E-state index contributed by atoms with van der Waals surface area (Å²) in [6.45, 7) is 0.675. The van der Waals surface area contributed by atoms with E-state index in [1.807, 2.05) is 24.3 Å². The van der Waals surface area contributed by atoms with Crippen molar-refractivity contribution in [3.8, 4) is 5.75 Å². The lowest BCUT2D eigenvalue weighted by atomic mass is 9.93. The molecule has 1 aliphatic rings. The molecule has 30 heavy (non-hydrogen) atoms. The summed E-state index contributed by atoms with van der Waals surface area (Å²) in [5.74, 6) is 0.384. The molecule has 0 bridgehead atoms. The van der Waals surface area contributed by atoms with Crippen LogP contribution in [0.2, 0.25) is 9.36 Å². The van der Waals surface area contributed by atoms with E-state index in [1.54, 1.807) is 12.1 Å². The molecule has 3 aromatic rings. The maximum atomic E-state index is 12.7. The van der Waals surface area contributed by atoms with E-state index < -0.39 is 10.0 Å². The zero-order chi connectivity index (χ0) is 21.5. The zero-order valence-electron chi connectivity index (χ0n) is 15.6. The summed E-state index contributed by atoms with van der Waals surface area (Å²) in [6.07, 6.45) is 0.851. The molecule has 0 fully saturated rings. The number of hydrogen-bond acceptors (Lipinski definition) is 5. The lowest BCUT2D eigenvalue weighted by Gasteiger charge is -2.19. The maximum absolute atomic E-state index is 12.7. The van der Waals surface area contributed by atoms with Crippen LogP contribution < -0.4 is 9.46 Å². The van der Waals surface area contributed by atoms with Gasteiger partial charge < -0.3 is 4.74 Å². The molecule has 0 radical (unpaired) electrons. The van der Waals surface area contributed by atoms with Crippen LogP contribution in [-0.4, -0.2) is 27.8 Å². The first-order chi connectivity index (χ1) is 14.3. The number of aliphatic imine (C=N–C) groups is 1. The van der Waals surface area contributed by atoms with E-state index in [0.717, 1.165) is 34.6 Å². The fourth-order valence-electron chi connectivity index (χ4n) is 3.18. The van der Waals surface area contributed by atoms with Gasteiger partial charge in [-0.2, -0.15) is 0 Å². The first-order valence-corrected chi connectivity index (χ1v) is 12.6. The van der Waals surface area contributed by atoms with Crippen LogP contribution in [0.3, 0.4) is 0 Å². The van der Waals surface area contributed by atoms with Gasteiger partial charge in [-0.1, -0.05) is 35.3 Å². The van der Waals surface area contributed by atoms with Crippen molar-refractivity contribution in [2.24, 2.45) is 4.99 Å². The van der Waals surface area contributed by atoms with Crippen LogP contribution in [0.5, 0.6) is 5.75 Å². The SMILES string of the molecule is COc1cc(C2=NCCc3ccc(Cl)cc32)ccc1NS(=O)(=O)c1cc(Br)c(Cl)s1. The summed E-state index contributed by atoms with van der Waals surface area (Å²) in [5.41, 5.74) is 4.10.